The summed E-state index contributed by atoms with van der Waals surface area (Å²) < 4.78 is 11.0. The van der Waals surface area contributed by atoms with Crippen molar-refractivity contribution < 1.29 is 14.3 Å². The van der Waals surface area contributed by atoms with Gasteiger partial charge in [-0.1, -0.05) is 23.7 Å². The molecule has 1 saturated heterocycles. The van der Waals surface area contributed by atoms with E-state index in [4.69, 9.17) is 21.1 Å². The Kier molecular flexibility index (Phi) is 8.00. The number of halogens is 1. The van der Waals surface area contributed by atoms with Gasteiger partial charge in [0.2, 0.25) is 0 Å². The number of piperidine rings is 1. The smallest absolute Gasteiger partial charge is 0.260 e. The molecular weight excluding hydrogens is 400 g/mol. The lowest BCUT2D eigenvalue weighted by atomic mass is 9.96. The van der Waals surface area contributed by atoms with Crippen molar-refractivity contribution >= 4 is 17.5 Å². The van der Waals surface area contributed by atoms with Crippen molar-refractivity contribution in [3.05, 3.63) is 58.6 Å². The molecule has 0 aromatic heterocycles. The van der Waals surface area contributed by atoms with Crippen LogP contribution in [0, 0.1) is 12.8 Å². The SMILES string of the molecule is COc1ccc(CN2CCC(CNC(=O)C(C)Oc3ccc(Cl)c(C)c3)CC2)cc1. The molecule has 1 amide bonds. The number of methoxy groups -OCH3 is 1. The van der Waals surface area contributed by atoms with E-state index in [-0.39, 0.29) is 5.91 Å². The molecule has 1 N–H and O–H groups in total. The lowest BCUT2D eigenvalue weighted by Gasteiger charge is -2.32. The van der Waals surface area contributed by atoms with Gasteiger partial charge in [0.05, 0.1) is 7.11 Å². The number of hydrogen-bond acceptors (Lipinski definition) is 4. The fraction of sp³-hybridized carbons (Fsp3) is 0.458. The lowest BCUT2D eigenvalue weighted by Crippen LogP contribution is -2.42. The van der Waals surface area contributed by atoms with Gasteiger partial charge < -0.3 is 14.8 Å². The Morgan fingerprint density at radius 1 is 1.17 bits per heavy atom. The molecular formula is C24H31ClN2O3. The number of hydrogen-bond donors (Lipinski definition) is 1. The quantitative estimate of drug-likeness (QED) is 0.672. The first-order chi connectivity index (χ1) is 14.4. The maximum Gasteiger partial charge on any atom is 0.260 e. The van der Waals surface area contributed by atoms with Crippen molar-refractivity contribution in [2.75, 3.05) is 26.7 Å². The molecule has 1 unspecified atom stereocenters. The Morgan fingerprint density at radius 3 is 2.47 bits per heavy atom. The van der Waals surface area contributed by atoms with Crippen molar-refractivity contribution in [3.63, 3.8) is 0 Å². The Bertz CT molecular complexity index is 833. The van der Waals surface area contributed by atoms with Gasteiger partial charge in [-0.15, -0.1) is 0 Å². The summed E-state index contributed by atoms with van der Waals surface area (Å²) in [5.41, 5.74) is 2.23. The van der Waals surface area contributed by atoms with Crippen molar-refractivity contribution in [1.29, 1.82) is 0 Å². The van der Waals surface area contributed by atoms with E-state index in [0.29, 0.717) is 23.2 Å². The largest absolute Gasteiger partial charge is 0.497 e. The number of rotatable bonds is 8. The van der Waals surface area contributed by atoms with E-state index in [2.05, 4.69) is 22.3 Å². The first-order valence-corrected chi connectivity index (χ1v) is 10.9. The third-order valence-corrected chi connectivity index (χ3v) is 6.07. The number of amides is 1. The van der Waals surface area contributed by atoms with Crippen LogP contribution < -0.4 is 14.8 Å². The molecule has 1 atom stereocenters. The summed E-state index contributed by atoms with van der Waals surface area (Å²) >= 11 is 6.04. The van der Waals surface area contributed by atoms with Crippen LogP contribution in [0.3, 0.4) is 0 Å². The van der Waals surface area contributed by atoms with Gasteiger partial charge in [-0.25, -0.2) is 0 Å². The van der Waals surface area contributed by atoms with Crippen LogP contribution >= 0.6 is 11.6 Å². The molecule has 2 aromatic carbocycles. The van der Waals surface area contributed by atoms with Crippen LogP contribution in [-0.2, 0) is 11.3 Å². The minimum Gasteiger partial charge on any atom is -0.497 e. The molecule has 162 valence electrons. The minimum atomic E-state index is -0.541. The second kappa shape index (κ2) is 10.7. The van der Waals surface area contributed by atoms with E-state index in [1.165, 1.54) is 5.56 Å². The maximum absolute atomic E-state index is 12.4. The summed E-state index contributed by atoms with van der Waals surface area (Å²) in [6.07, 6.45) is 1.63. The molecule has 0 spiro atoms. The monoisotopic (exact) mass is 430 g/mol. The number of ether oxygens (including phenoxy) is 2. The minimum absolute atomic E-state index is 0.0803. The summed E-state index contributed by atoms with van der Waals surface area (Å²) in [7, 11) is 1.68. The number of aryl methyl sites for hydroxylation is 1. The highest BCUT2D eigenvalue weighted by molar-refractivity contribution is 6.31. The highest BCUT2D eigenvalue weighted by Gasteiger charge is 2.21. The van der Waals surface area contributed by atoms with E-state index in [1.54, 1.807) is 26.2 Å². The number of carbonyl (C=O) groups is 1. The Hall–Kier alpha value is -2.24. The summed E-state index contributed by atoms with van der Waals surface area (Å²) in [6.45, 7) is 7.43. The third kappa shape index (κ3) is 6.38. The molecule has 3 rings (SSSR count). The average Bonchev–Trinajstić information content (AvgIpc) is 2.76. The molecule has 1 aliphatic rings. The van der Waals surface area contributed by atoms with Gasteiger partial charge >= 0.3 is 0 Å². The van der Waals surface area contributed by atoms with Crippen LogP contribution in [0.2, 0.25) is 5.02 Å². The van der Waals surface area contributed by atoms with Crippen LogP contribution in [0.15, 0.2) is 42.5 Å². The molecule has 2 aromatic rings. The van der Waals surface area contributed by atoms with Gasteiger partial charge in [0.1, 0.15) is 11.5 Å². The molecule has 1 fully saturated rings. The lowest BCUT2D eigenvalue weighted by molar-refractivity contribution is -0.127. The first kappa shape index (κ1) is 22.4. The van der Waals surface area contributed by atoms with Gasteiger partial charge in [0.25, 0.3) is 5.91 Å². The predicted octanol–water partition coefficient (Wildman–Crippen LogP) is 4.45. The fourth-order valence-corrected chi connectivity index (χ4v) is 3.79. The summed E-state index contributed by atoms with van der Waals surface area (Å²) in [5, 5.41) is 3.75. The number of benzene rings is 2. The van der Waals surface area contributed by atoms with E-state index >= 15 is 0 Å². The molecule has 0 bridgehead atoms. The second-order valence-corrected chi connectivity index (χ2v) is 8.39. The zero-order valence-corrected chi connectivity index (χ0v) is 18.7. The standard InChI is InChI=1S/C24H31ClN2O3/c1-17-14-22(8-9-23(17)25)30-18(2)24(28)26-15-19-10-12-27(13-11-19)16-20-4-6-21(29-3)7-5-20/h4-9,14,18-19H,10-13,15-16H2,1-3H3,(H,26,28). The van der Waals surface area contributed by atoms with Gasteiger partial charge in [-0.3, -0.25) is 9.69 Å². The first-order valence-electron chi connectivity index (χ1n) is 10.5. The van der Waals surface area contributed by atoms with Gasteiger partial charge in [0, 0.05) is 18.1 Å². The van der Waals surface area contributed by atoms with E-state index < -0.39 is 6.10 Å². The molecule has 6 heteroatoms. The fourth-order valence-electron chi connectivity index (χ4n) is 3.67. The normalized spacial score (nSPS) is 16.1. The van der Waals surface area contributed by atoms with E-state index in [9.17, 15) is 4.79 Å². The highest BCUT2D eigenvalue weighted by atomic mass is 35.5. The van der Waals surface area contributed by atoms with Crippen LogP contribution in [0.1, 0.15) is 30.9 Å². The maximum atomic E-state index is 12.4. The molecule has 0 aliphatic carbocycles. The summed E-state index contributed by atoms with van der Waals surface area (Å²) in [4.78, 5) is 14.9. The van der Waals surface area contributed by atoms with E-state index in [1.807, 2.05) is 25.1 Å². The van der Waals surface area contributed by atoms with E-state index in [0.717, 1.165) is 43.8 Å². The molecule has 5 nitrogen and oxygen atoms in total. The number of carbonyl (C=O) groups excluding carboxylic acids is 1. The van der Waals surface area contributed by atoms with Crippen molar-refractivity contribution in [2.24, 2.45) is 5.92 Å². The van der Waals surface area contributed by atoms with Gasteiger partial charge in [-0.2, -0.15) is 0 Å². The molecule has 1 heterocycles. The van der Waals surface area contributed by atoms with Crippen molar-refractivity contribution in [2.45, 2.75) is 39.3 Å². The van der Waals surface area contributed by atoms with Crippen LogP contribution in [0.4, 0.5) is 0 Å². The second-order valence-electron chi connectivity index (χ2n) is 7.98. The summed E-state index contributed by atoms with van der Waals surface area (Å²) in [6, 6.07) is 13.7. The predicted molar refractivity (Wildman–Crippen MR) is 120 cm³/mol. The average molecular weight is 431 g/mol. The number of nitrogens with one attached hydrogen (secondary N) is 1. The van der Waals surface area contributed by atoms with Gasteiger partial charge in [0.15, 0.2) is 6.10 Å². The van der Waals surface area contributed by atoms with Crippen LogP contribution in [0.25, 0.3) is 0 Å². The Balaban J connectivity index is 1.38. The molecule has 0 radical (unpaired) electrons. The zero-order valence-electron chi connectivity index (χ0n) is 18.0. The van der Waals surface area contributed by atoms with Crippen molar-refractivity contribution in [3.8, 4) is 11.5 Å². The molecule has 1 aliphatic heterocycles. The topological polar surface area (TPSA) is 50.8 Å². The Morgan fingerprint density at radius 2 is 1.83 bits per heavy atom. The molecule has 0 saturated carbocycles. The van der Waals surface area contributed by atoms with Crippen molar-refractivity contribution in [1.82, 2.24) is 10.2 Å². The Labute approximate surface area is 184 Å². The van der Waals surface area contributed by atoms with Crippen LogP contribution in [-0.4, -0.2) is 43.7 Å². The highest BCUT2D eigenvalue weighted by Crippen LogP contribution is 2.22. The van der Waals surface area contributed by atoms with Crippen LogP contribution in [0.5, 0.6) is 11.5 Å². The number of nitrogens with zero attached hydrogens (tertiary/aromatic N) is 1. The molecule has 30 heavy (non-hydrogen) atoms. The zero-order chi connectivity index (χ0) is 21.5. The van der Waals surface area contributed by atoms with Gasteiger partial charge in [-0.05, 0) is 87.2 Å². The summed E-state index contributed by atoms with van der Waals surface area (Å²) in [5.74, 6) is 1.97. The number of likely N-dealkylation sites (tertiary alicyclic amines) is 1. The third-order valence-electron chi connectivity index (χ3n) is 5.65.